The number of halogens is 2. The van der Waals surface area contributed by atoms with E-state index in [1.165, 1.54) is 51.8 Å². The number of rotatable bonds is 19. The molecule has 8 aliphatic rings. The SMILES string of the molecule is CCN1CCN(Cc2ccc(Nc3nccc(-c4cc(C)c5nc6n(c5c4)C(C)(C)CC6)n3)nc2)CC1.Cc1cc(-c2ccnc(Nc3ccc(N4CCNCC4)cn3)n2)cc2c1nc1n2C(C)(C)CC1.Cc1cc(-c2nc(Nc3ccc(CN4CCN(C)CC4)cn3)ncc2F)cc2c1nc1n2C(C)(C)CC1.Cc1cc(-c2nc(Nc3ccc4c(n3)CCN(C(=O)CO)C4)ncc2F)cc2c1nc1n2C(C)(C)CC1. The minimum Gasteiger partial charge on any atom is -0.387 e. The lowest BCUT2D eigenvalue weighted by atomic mass is 10.0. The van der Waals surface area contributed by atoms with Gasteiger partial charge >= 0.3 is 0 Å². The number of pyridine rings is 4. The van der Waals surface area contributed by atoms with Crippen molar-refractivity contribution in [1.29, 1.82) is 0 Å². The Hall–Kier alpha value is -14.2. The summed E-state index contributed by atoms with van der Waals surface area (Å²) in [7, 11) is 2.16. The fourth-order valence-corrected chi connectivity index (χ4v) is 21.9. The number of hydrogen-bond acceptors (Lipinski definition) is 28. The normalized spacial score (nSPS) is 17.2. The molecule has 20 heterocycles. The summed E-state index contributed by atoms with van der Waals surface area (Å²) in [6.45, 7) is 44.7. The minimum absolute atomic E-state index is 0.0196. The zero-order valence-corrected chi connectivity index (χ0v) is 85.3. The van der Waals surface area contributed by atoms with Gasteiger partial charge in [0, 0.05) is 212 Å². The Balaban J connectivity index is 0.000000114. The average Bonchev–Trinajstić information content (AvgIpc) is 1.55. The minimum atomic E-state index is -0.503. The number of nitrogens with zero attached hydrogens (tertiary/aromatic N) is 26. The summed E-state index contributed by atoms with van der Waals surface area (Å²) in [4.78, 5) is 99.5. The number of imidazole rings is 4. The third-order valence-electron chi connectivity index (χ3n) is 30.0. The molecule has 0 atom stereocenters. The second kappa shape index (κ2) is 39.7. The van der Waals surface area contributed by atoms with Crippen molar-refractivity contribution in [1.82, 2.24) is 128 Å². The molecule has 0 saturated carbocycles. The molecule has 12 aromatic heterocycles. The molecule has 0 aliphatic carbocycles. The molecule has 0 spiro atoms. The van der Waals surface area contributed by atoms with Crippen LogP contribution in [0.5, 0.6) is 0 Å². The molecular weight excluding hydrogens is 1830 g/mol. The van der Waals surface area contributed by atoms with Gasteiger partial charge in [0.2, 0.25) is 29.7 Å². The number of nitrogens with one attached hydrogen (secondary N) is 5. The van der Waals surface area contributed by atoms with Gasteiger partial charge in [-0.3, -0.25) is 14.6 Å². The Labute approximate surface area is 842 Å². The molecule has 145 heavy (non-hydrogen) atoms. The number of piperazine rings is 3. The van der Waals surface area contributed by atoms with Crippen LogP contribution in [-0.2, 0) is 78.7 Å². The maximum atomic E-state index is 15.0. The molecular formula is C110H127F2N31O2. The van der Waals surface area contributed by atoms with Crippen molar-refractivity contribution in [2.75, 3.05) is 131 Å². The van der Waals surface area contributed by atoms with E-state index in [1.807, 2.05) is 93.1 Å². The van der Waals surface area contributed by atoms with E-state index in [-0.39, 0.29) is 45.4 Å². The highest BCUT2D eigenvalue weighted by molar-refractivity contribution is 5.90. The van der Waals surface area contributed by atoms with Gasteiger partial charge in [0.1, 0.15) is 64.6 Å². The summed E-state index contributed by atoms with van der Waals surface area (Å²) >= 11 is 0. The van der Waals surface area contributed by atoms with E-state index < -0.39 is 18.2 Å². The maximum Gasteiger partial charge on any atom is 0.248 e. The van der Waals surface area contributed by atoms with Gasteiger partial charge in [-0.1, -0.05) is 25.1 Å². The average molecular weight is 1950 g/mol. The fraction of sp³-hybridized carbons (Fsp3) is 0.409. The zero-order chi connectivity index (χ0) is 100. The molecule has 8 aliphatic heterocycles. The largest absolute Gasteiger partial charge is 0.387 e. The number of hydrogen-bond donors (Lipinski definition) is 6. The van der Waals surface area contributed by atoms with Crippen LogP contribution in [0.3, 0.4) is 0 Å². The molecule has 4 aromatic carbocycles. The number of carbonyl (C=O) groups is 1. The number of anilines is 9. The number of aliphatic hydroxyl groups excluding tert-OH is 1. The summed E-state index contributed by atoms with van der Waals surface area (Å²) in [6.07, 6.45) is 20.6. The van der Waals surface area contributed by atoms with Crippen LogP contribution in [0.2, 0.25) is 0 Å². The van der Waals surface area contributed by atoms with Crippen molar-refractivity contribution >= 4 is 103 Å². The molecule has 33 nitrogen and oxygen atoms in total. The van der Waals surface area contributed by atoms with Gasteiger partial charge in [-0.05, 0) is 252 Å². The molecule has 748 valence electrons. The van der Waals surface area contributed by atoms with E-state index in [9.17, 15) is 13.6 Å². The zero-order valence-electron chi connectivity index (χ0n) is 85.3. The molecule has 6 N–H and O–H groups in total. The molecule has 24 rings (SSSR count). The molecule has 35 heteroatoms. The third kappa shape index (κ3) is 20.2. The number of aryl methyl sites for hydroxylation is 8. The Kier molecular flexibility index (Phi) is 26.5. The van der Waals surface area contributed by atoms with E-state index in [1.54, 1.807) is 23.4 Å². The van der Waals surface area contributed by atoms with E-state index >= 15 is 0 Å². The topological polar surface area (TPSA) is 343 Å². The first-order valence-corrected chi connectivity index (χ1v) is 50.8. The first-order chi connectivity index (χ1) is 69.9. The summed E-state index contributed by atoms with van der Waals surface area (Å²) < 4.78 is 39.4. The summed E-state index contributed by atoms with van der Waals surface area (Å²) in [5.41, 5.74) is 24.0. The monoisotopic (exact) mass is 1950 g/mol. The van der Waals surface area contributed by atoms with Crippen LogP contribution < -0.4 is 31.5 Å². The van der Waals surface area contributed by atoms with E-state index in [0.717, 1.165) is 262 Å². The molecule has 0 bridgehead atoms. The highest BCUT2D eigenvalue weighted by atomic mass is 19.1. The van der Waals surface area contributed by atoms with Gasteiger partial charge < -0.3 is 69.6 Å². The van der Waals surface area contributed by atoms with Crippen LogP contribution in [0, 0.1) is 39.3 Å². The Bertz CT molecular complexity index is 7550. The van der Waals surface area contributed by atoms with Crippen molar-refractivity contribution < 1.29 is 18.7 Å². The Morgan fingerprint density at radius 1 is 0.400 bits per heavy atom. The summed E-state index contributed by atoms with van der Waals surface area (Å²) in [5.74, 6) is 7.56. The lowest BCUT2D eigenvalue weighted by Crippen LogP contribution is -2.45. The number of benzene rings is 4. The molecule has 1 amide bonds. The smallest absolute Gasteiger partial charge is 0.248 e. The van der Waals surface area contributed by atoms with Gasteiger partial charge in [-0.15, -0.1) is 0 Å². The molecule has 16 aromatic rings. The first-order valence-electron chi connectivity index (χ1n) is 50.8. The second-order valence-corrected chi connectivity index (χ2v) is 42.2. The van der Waals surface area contributed by atoms with Crippen LogP contribution in [0.1, 0.15) is 156 Å². The number of carbonyl (C=O) groups excluding carboxylic acids is 1. The standard InChI is InChI=1S/C29H36N8.C28H33FN8.C27H28FN7O2.C26H30N8/c1-5-35-12-14-36(15-13-35)19-21-6-7-25(31-18-21)33-28-30-11-9-23(32-28)22-16-20(2)27-24(17-22)37-26(34-27)8-10-29(37,3)4;1-18-13-20(14-22-25(18)33-24-7-8-28(2,3)37(22)24)26-21(29)16-31-27(34-26)32-23-6-5-19(15-30-23)17-36-11-9-35(4)10-12-36;1-15-10-17(11-20-24(15)32-22-6-8-27(2,3)35(20)22)25-18(28)12-29-26(33-25)31-21-5-4-16-13-34(23(37)14-36)9-7-19(16)30-21;1-17-14-18(15-21-24(17)32-23-6-8-26(2,3)34(21)23)20-7-9-28-25(30-20)31-22-5-4-19(16-29-22)33-12-10-27-11-13-33/h6-7,9,11,16-18H,5,8,10,12-15,19H2,1-4H3,(H,30,31,32,33);5-6,13-16H,7-12,17H2,1-4H3,(H,30,31,32,34);4-5,10-12,36H,6-9,13-14H2,1-3H3,(H,29,30,31,33);4-5,7,9,14-16,27H,6,8,10-13H2,1-3H3,(H,28,29,30,31). The summed E-state index contributed by atoms with van der Waals surface area (Å²) in [6, 6.07) is 36.5. The molecule has 3 saturated heterocycles. The van der Waals surface area contributed by atoms with E-state index in [4.69, 9.17) is 35.0 Å². The van der Waals surface area contributed by atoms with Crippen LogP contribution in [0.4, 0.5) is 61.5 Å². The van der Waals surface area contributed by atoms with Gasteiger partial charge in [0.25, 0.3) is 0 Å². The van der Waals surface area contributed by atoms with E-state index in [0.29, 0.717) is 60.1 Å². The predicted octanol–water partition coefficient (Wildman–Crippen LogP) is 16.9. The van der Waals surface area contributed by atoms with Crippen LogP contribution >= 0.6 is 0 Å². The Morgan fingerprint density at radius 3 is 1.19 bits per heavy atom. The molecule has 0 unspecified atom stereocenters. The number of aliphatic hydroxyl groups is 1. The fourth-order valence-electron chi connectivity index (χ4n) is 21.9. The number of fused-ring (bicyclic) bond motifs is 13. The molecule has 3 fully saturated rings. The quantitative estimate of drug-likeness (QED) is 0.0438. The van der Waals surface area contributed by atoms with Gasteiger partial charge in [-0.2, -0.15) is 0 Å². The number of likely N-dealkylation sites (N-methyl/N-ethyl adjacent to an activating group) is 2. The van der Waals surface area contributed by atoms with Crippen LogP contribution in [-0.4, -0.2) is 239 Å². The lowest BCUT2D eigenvalue weighted by molar-refractivity contribution is -0.135. The van der Waals surface area contributed by atoms with Gasteiger partial charge in [-0.25, -0.2) is 88.5 Å². The highest BCUT2D eigenvalue weighted by Gasteiger charge is 2.38. The molecule has 0 radical (unpaired) electrons. The van der Waals surface area contributed by atoms with Gasteiger partial charge in [0.05, 0.1) is 79.8 Å². The third-order valence-corrected chi connectivity index (χ3v) is 30.0. The lowest BCUT2D eigenvalue weighted by Gasteiger charge is -2.33. The number of amides is 1. The second-order valence-electron chi connectivity index (χ2n) is 42.2. The van der Waals surface area contributed by atoms with Crippen molar-refractivity contribution in [3.63, 3.8) is 0 Å². The van der Waals surface area contributed by atoms with E-state index in [2.05, 4.69) is 245 Å². The summed E-state index contributed by atoms with van der Waals surface area (Å²) in [5, 5.41) is 25.3. The maximum absolute atomic E-state index is 15.0. The first kappa shape index (κ1) is 96.9. The Morgan fingerprint density at radius 2 is 0.786 bits per heavy atom. The van der Waals surface area contributed by atoms with Crippen LogP contribution in [0.15, 0.2) is 153 Å². The van der Waals surface area contributed by atoms with Crippen LogP contribution in [0.25, 0.3) is 89.2 Å². The highest BCUT2D eigenvalue weighted by Crippen LogP contribution is 2.44. The van der Waals surface area contributed by atoms with Crippen molar-refractivity contribution in [3.8, 4) is 45.0 Å². The number of aromatic nitrogens is 20. The van der Waals surface area contributed by atoms with Crippen molar-refractivity contribution in [2.45, 2.75) is 190 Å². The van der Waals surface area contributed by atoms with Crippen molar-refractivity contribution in [2.24, 2.45) is 0 Å². The predicted molar refractivity (Wildman–Crippen MR) is 564 cm³/mol. The van der Waals surface area contributed by atoms with Gasteiger partial charge in [0.15, 0.2) is 11.6 Å². The van der Waals surface area contributed by atoms with Crippen molar-refractivity contribution in [3.05, 3.63) is 232 Å².